The van der Waals surface area contributed by atoms with E-state index in [9.17, 15) is 5.11 Å². The van der Waals surface area contributed by atoms with E-state index >= 15 is 0 Å². The number of β-amino-alcohol motifs (C(OH)–C–C–N with tert-alkyl or cyclic N) is 1. The summed E-state index contributed by atoms with van der Waals surface area (Å²) in [4.78, 5) is 7.01. The Morgan fingerprint density at radius 1 is 1.17 bits per heavy atom. The van der Waals surface area contributed by atoms with Crippen molar-refractivity contribution in [1.29, 1.82) is 0 Å². The van der Waals surface area contributed by atoms with E-state index in [1.165, 1.54) is 11.1 Å². The van der Waals surface area contributed by atoms with Crippen LogP contribution in [0.4, 0.5) is 0 Å². The van der Waals surface area contributed by atoms with E-state index in [4.69, 9.17) is 19.0 Å². The molecule has 0 bridgehead atoms. The molecule has 1 atom stereocenters. The third-order valence-electron chi connectivity index (χ3n) is 6.53. The van der Waals surface area contributed by atoms with Crippen molar-refractivity contribution < 1.29 is 19.1 Å². The molecule has 1 aromatic heterocycles. The van der Waals surface area contributed by atoms with Crippen LogP contribution in [-0.2, 0) is 15.1 Å². The average molecular weight is 416 g/mol. The fourth-order valence-electron chi connectivity index (χ4n) is 4.70. The van der Waals surface area contributed by atoms with Gasteiger partial charge in [0.2, 0.25) is 0 Å². The highest BCUT2D eigenvalue weighted by Crippen LogP contribution is 2.37. The van der Waals surface area contributed by atoms with Gasteiger partial charge < -0.3 is 24.0 Å². The van der Waals surface area contributed by atoms with Gasteiger partial charge in [-0.3, -0.25) is 0 Å². The van der Waals surface area contributed by atoms with E-state index in [2.05, 4.69) is 42.1 Å². The van der Waals surface area contributed by atoms with E-state index < -0.39 is 11.7 Å². The van der Waals surface area contributed by atoms with Crippen molar-refractivity contribution in [1.82, 2.24) is 15.0 Å². The Morgan fingerprint density at radius 3 is 2.47 bits per heavy atom. The van der Waals surface area contributed by atoms with E-state index in [1.807, 2.05) is 0 Å². The van der Waals surface area contributed by atoms with Crippen molar-refractivity contribution in [2.75, 3.05) is 40.0 Å². The molecule has 0 spiro atoms. The Kier molecular flexibility index (Phi) is 6.53. The number of methoxy groups -OCH3 is 1. The molecule has 1 N–H and O–H groups in total. The molecule has 2 fully saturated rings. The van der Waals surface area contributed by atoms with Crippen LogP contribution in [0, 0.1) is 13.8 Å². The van der Waals surface area contributed by atoms with Crippen molar-refractivity contribution in [3.05, 3.63) is 46.6 Å². The van der Waals surface area contributed by atoms with Crippen LogP contribution in [0.5, 0.6) is 0 Å². The first kappa shape index (κ1) is 21.4. The molecule has 0 radical (unpaired) electrons. The third kappa shape index (κ3) is 4.59. The molecular weight excluding hydrogens is 382 g/mol. The number of nitrogens with zero attached hydrogens (tertiary/aromatic N) is 3. The van der Waals surface area contributed by atoms with Crippen LogP contribution < -0.4 is 0 Å². The van der Waals surface area contributed by atoms with E-state index in [0.29, 0.717) is 18.4 Å². The zero-order valence-corrected chi connectivity index (χ0v) is 18.3. The first-order chi connectivity index (χ1) is 14.5. The zero-order valence-electron chi connectivity index (χ0n) is 18.3. The molecule has 0 saturated carbocycles. The Bertz CT molecular complexity index is 818. The summed E-state index contributed by atoms with van der Waals surface area (Å²) < 4.78 is 17.0. The number of hydrogen-bond donors (Lipinski definition) is 1. The lowest BCUT2D eigenvalue weighted by Gasteiger charge is -2.39. The number of rotatable bonds is 6. The van der Waals surface area contributed by atoms with Crippen molar-refractivity contribution in [2.45, 2.75) is 57.2 Å². The predicted octanol–water partition coefficient (Wildman–Crippen LogP) is 3.25. The lowest BCUT2D eigenvalue weighted by atomic mass is 9.90. The van der Waals surface area contributed by atoms with Crippen LogP contribution in [0.25, 0.3) is 0 Å². The van der Waals surface area contributed by atoms with Crippen molar-refractivity contribution in [3.8, 4) is 0 Å². The van der Waals surface area contributed by atoms with Gasteiger partial charge in [-0.2, -0.15) is 4.98 Å². The van der Waals surface area contributed by atoms with Gasteiger partial charge in [-0.1, -0.05) is 34.5 Å². The molecule has 2 aromatic rings. The van der Waals surface area contributed by atoms with Gasteiger partial charge in [0, 0.05) is 45.9 Å². The van der Waals surface area contributed by atoms with Crippen LogP contribution in [0.15, 0.2) is 22.7 Å². The van der Waals surface area contributed by atoms with Crippen LogP contribution in [0.1, 0.15) is 66.1 Å². The van der Waals surface area contributed by atoms with E-state index in [0.717, 1.165) is 63.4 Å². The van der Waals surface area contributed by atoms with E-state index in [1.54, 1.807) is 7.11 Å². The fourth-order valence-corrected chi connectivity index (χ4v) is 4.70. The number of aliphatic hydroxyl groups excluding tert-OH is 1. The molecule has 3 heterocycles. The van der Waals surface area contributed by atoms with Gasteiger partial charge in [0.25, 0.3) is 5.89 Å². The van der Waals surface area contributed by atoms with Crippen molar-refractivity contribution in [3.63, 3.8) is 0 Å². The quantitative estimate of drug-likeness (QED) is 0.776. The number of piperidine rings is 1. The second kappa shape index (κ2) is 9.14. The Hall–Kier alpha value is -1.80. The fraction of sp³-hybridized carbons (Fsp3) is 0.652. The molecular formula is C23H33N3O4. The minimum absolute atomic E-state index is 0.304. The standard InChI is InChI=1S/C23H33N3O4/c1-16-12-17(2)14-19(13-16)20(27)15-26-8-6-23(28-3,7-9-26)22-24-21(25-30-22)18-4-10-29-11-5-18/h12-14,18,20,27H,4-11,15H2,1-3H3. The molecule has 2 saturated heterocycles. The lowest BCUT2D eigenvalue weighted by molar-refractivity contribution is -0.0866. The van der Waals surface area contributed by atoms with Crippen molar-refractivity contribution in [2.24, 2.45) is 0 Å². The Morgan fingerprint density at radius 2 is 1.83 bits per heavy atom. The topological polar surface area (TPSA) is 80.9 Å². The molecule has 2 aliphatic rings. The second-order valence-electron chi connectivity index (χ2n) is 8.78. The zero-order chi connectivity index (χ0) is 21.1. The van der Waals surface area contributed by atoms with Crippen molar-refractivity contribution >= 4 is 0 Å². The maximum absolute atomic E-state index is 10.7. The molecule has 4 rings (SSSR count). The maximum atomic E-state index is 10.7. The second-order valence-corrected chi connectivity index (χ2v) is 8.78. The smallest absolute Gasteiger partial charge is 0.258 e. The molecule has 1 unspecified atom stereocenters. The minimum atomic E-state index is -0.544. The van der Waals surface area contributed by atoms with Gasteiger partial charge in [-0.15, -0.1) is 0 Å². The summed E-state index contributed by atoms with van der Waals surface area (Å²) in [6, 6.07) is 6.26. The highest BCUT2D eigenvalue weighted by molar-refractivity contribution is 5.30. The highest BCUT2D eigenvalue weighted by Gasteiger charge is 2.42. The number of benzene rings is 1. The summed E-state index contributed by atoms with van der Waals surface area (Å²) >= 11 is 0. The van der Waals surface area contributed by atoms with E-state index in [-0.39, 0.29) is 0 Å². The van der Waals surface area contributed by atoms with Gasteiger partial charge in [-0.25, -0.2) is 0 Å². The number of aryl methyl sites for hydroxylation is 2. The summed E-state index contributed by atoms with van der Waals surface area (Å²) in [5.41, 5.74) is 2.79. The summed E-state index contributed by atoms with van der Waals surface area (Å²) in [6.45, 7) is 7.87. The van der Waals surface area contributed by atoms with Crippen LogP contribution in [-0.4, -0.2) is 60.1 Å². The number of ether oxygens (including phenoxy) is 2. The molecule has 7 nitrogen and oxygen atoms in total. The molecule has 0 aliphatic carbocycles. The maximum Gasteiger partial charge on any atom is 0.258 e. The minimum Gasteiger partial charge on any atom is -0.387 e. The molecule has 0 amide bonds. The molecule has 164 valence electrons. The summed E-state index contributed by atoms with van der Waals surface area (Å²) in [6.07, 6.45) is 2.89. The van der Waals surface area contributed by atoms with Crippen LogP contribution >= 0.6 is 0 Å². The Balaban J connectivity index is 1.38. The molecule has 30 heavy (non-hydrogen) atoms. The average Bonchev–Trinajstić information content (AvgIpc) is 3.25. The summed E-state index contributed by atoms with van der Waals surface area (Å²) in [7, 11) is 1.72. The van der Waals surface area contributed by atoms with Gasteiger partial charge >= 0.3 is 0 Å². The van der Waals surface area contributed by atoms with Gasteiger partial charge in [0.1, 0.15) is 5.60 Å². The highest BCUT2D eigenvalue weighted by atomic mass is 16.5. The lowest BCUT2D eigenvalue weighted by Crippen LogP contribution is -2.45. The SMILES string of the molecule is COC1(c2nc(C3CCOCC3)no2)CCN(CC(O)c2cc(C)cc(C)c2)CC1. The first-order valence-electron chi connectivity index (χ1n) is 10.9. The first-order valence-corrected chi connectivity index (χ1v) is 10.9. The third-order valence-corrected chi connectivity index (χ3v) is 6.53. The number of aromatic nitrogens is 2. The molecule has 7 heteroatoms. The van der Waals surface area contributed by atoms with Gasteiger partial charge in [-0.05, 0) is 45.1 Å². The Labute approximate surface area is 178 Å². The summed E-state index contributed by atoms with van der Waals surface area (Å²) in [5, 5.41) is 15.0. The number of likely N-dealkylation sites (tertiary alicyclic amines) is 1. The molecule has 2 aliphatic heterocycles. The normalized spacial score (nSPS) is 21.6. The monoisotopic (exact) mass is 415 g/mol. The van der Waals surface area contributed by atoms with Gasteiger partial charge in [0.05, 0.1) is 6.10 Å². The molecule has 1 aromatic carbocycles. The van der Waals surface area contributed by atoms with Crippen LogP contribution in [0.2, 0.25) is 0 Å². The predicted molar refractivity (Wildman–Crippen MR) is 112 cm³/mol. The van der Waals surface area contributed by atoms with Gasteiger partial charge in [0.15, 0.2) is 5.82 Å². The number of hydrogen-bond acceptors (Lipinski definition) is 7. The number of aliphatic hydroxyl groups is 1. The largest absolute Gasteiger partial charge is 0.387 e. The summed E-state index contributed by atoms with van der Waals surface area (Å²) in [5.74, 6) is 1.66. The van der Waals surface area contributed by atoms with Crippen LogP contribution in [0.3, 0.4) is 0 Å².